The molecular weight excluding hydrogens is 232 g/mol. The van der Waals surface area contributed by atoms with Crippen molar-refractivity contribution in [1.29, 1.82) is 0 Å². The maximum absolute atomic E-state index is 11.1. The van der Waals surface area contributed by atoms with Gasteiger partial charge < -0.3 is 15.8 Å². The molecule has 1 aromatic rings. The highest BCUT2D eigenvalue weighted by Gasteiger charge is 2.16. The highest BCUT2D eigenvalue weighted by Crippen LogP contribution is 2.26. The number of nitrogens with one attached hydrogen (secondary N) is 1. The van der Waals surface area contributed by atoms with Crippen molar-refractivity contribution < 1.29 is 17.7 Å². The fourth-order valence-corrected chi connectivity index (χ4v) is 1.89. The van der Waals surface area contributed by atoms with Crippen LogP contribution in [0.4, 0.5) is 5.69 Å². The fourth-order valence-electron chi connectivity index (χ4n) is 1.20. The first-order valence-electron chi connectivity index (χ1n) is 4.58. The van der Waals surface area contributed by atoms with Crippen molar-refractivity contribution in [3.05, 3.63) is 18.2 Å². The van der Waals surface area contributed by atoms with Crippen LogP contribution in [0, 0.1) is 0 Å². The number of anilines is 1. The minimum atomic E-state index is -4.29. The summed E-state index contributed by atoms with van der Waals surface area (Å²) in [5.41, 5.74) is 5.86. The third-order valence-corrected chi connectivity index (χ3v) is 2.79. The van der Waals surface area contributed by atoms with E-state index in [0.29, 0.717) is 18.8 Å². The predicted molar refractivity (Wildman–Crippen MR) is 60.4 cm³/mol. The average molecular weight is 246 g/mol. The minimum absolute atomic E-state index is 0.0980. The maximum atomic E-state index is 11.1. The number of methoxy groups -OCH3 is 1. The van der Waals surface area contributed by atoms with E-state index in [9.17, 15) is 8.42 Å². The van der Waals surface area contributed by atoms with Crippen molar-refractivity contribution in [3.8, 4) is 5.75 Å². The molecule has 0 unspecified atom stereocenters. The molecule has 1 rings (SSSR count). The Hall–Kier alpha value is -1.31. The van der Waals surface area contributed by atoms with Gasteiger partial charge in [-0.05, 0) is 18.2 Å². The molecule has 0 saturated carbocycles. The van der Waals surface area contributed by atoms with E-state index in [0.717, 1.165) is 0 Å². The summed E-state index contributed by atoms with van der Waals surface area (Å²) < 4.78 is 36.0. The summed E-state index contributed by atoms with van der Waals surface area (Å²) in [5.74, 6) is 0.0980. The van der Waals surface area contributed by atoms with Crippen LogP contribution in [0.5, 0.6) is 5.75 Å². The third kappa shape index (κ3) is 3.09. The Bertz CT molecular complexity index is 459. The molecule has 0 amide bonds. The van der Waals surface area contributed by atoms with Crippen LogP contribution in [0.3, 0.4) is 0 Å². The van der Waals surface area contributed by atoms with Gasteiger partial charge >= 0.3 is 0 Å². The van der Waals surface area contributed by atoms with E-state index in [-0.39, 0.29) is 10.6 Å². The first kappa shape index (κ1) is 12.8. The number of hydrogen-bond acceptors (Lipinski definition) is 5. The highest BCUT2D eigenvalue weighted by molar-refractivity contribution is 7.86. The van der Waals surface area contributed by atoms with Gasteiger partial charge in [0.15, 0.2) is 0 Å². The molecule has 7 heteroatoms. The second-order valence-corrected chi connectivity index (χ2v) is 4.45. The van der Waals surface area contributed by atoms with E-state index in [1.807, 2.05) is 0 Å². The molecule has 4 N–H and O–H groups in total. The van der Waals surface area contributed by atoms with E-state index < -0.39 is 10.1 Å². The van der Waals surface area contributed by atoms with E-state index in [4.69, 9.17) is 15.0 Å². The lowest BCUT2D eigenvalue weighted by Crippen LogP contribution is -2.13. The zero-order valence-electron chi connectivity index (χ0n) is 8.80. The molecule has 0 heterocycles. The summed E-state index contributed by atoms with van der Waals surface area (Å²) in [6.07, 6.45) is 0. The standard InChI is InChI=1S/C9H14N2O4S/c1-15-8-3-2-7(11-5-4-10)6-9(8)16(12,13)14/h2-3,6,11H,4-5,10H2,1H3,(H,12,13,14). The Labute approximate surface area is 94.2 Å². The molecule has 0 radical (unpaired) electrons. The van der Waals surface area contributed by atoms with Gasteiger partial charge in [0.1, 0.15) is 10.6 Å². The summed E-state index contributed by atoms with van der Waals surface area (Å²) in [4.78, 5) is -0.267. The molecule has 0 fully saturated rings. The molecule has 0 bridgehead atoms. The van der Waals surface area contributed by atoms with E-state index in [2.05, 4.69) is 5.32 Å². The number of rotatable bonds is 5. The van der Waals surface area contributed by atoms with Gasteiger partial charge in [-0.1, -0.05) is 0 Å². The Morgan fingerprint density at radius 3 is 2.69 bits per heavy atom. The fraction of sp³-hybridized carbons (Fsp3) is 0.333. The minimum Gasteiger partial charge on any atom is -0.495 e. The van der Waals surface area contributed by atoms with Crippen molar-refractivity contribution in [1.82, 2.24) is 0 Å². The maximum Gasteiger partial charge on any atom is 0.298 e. The van der Waals surface area contributed by atoms with Crippen LogP contribution in [0.2, 0.25) is 0 Å². The van der Waals surface area contributed by atoms with Gasteiger partial charge in [0.05, 0.1) is 7.11 Å². The van der Waals surface area contributed by atoms with Crippen molar-refractivity contribution in [2.24, 2.45) is 5.73 Å². The lowest BCUT2D eigenvalue weighted by Gasteiger charge is -2.09. The summed E-state index contributed by atoms with van der Waals surface area (Å²) >= 11 is 0. The summed E-state index contributed by atoms with van der Waals surface area (Å²) in [5, 5.41) is 2.90. The van der Waals surface area contributed by atoms with Crippen molar-refractivity contribution in [2.45, 2.75) is 4.90 Å². The Morgan fingerprint density at radius 2 is 2.19 bits per heavy atom. The molecule has 0 atom stereocenters. The number of nitrogens with two attached hydrogens (primary N) is 1. The van der Waals surface area contributed by atoms with Crippen LogP contribution in [0.15, 0.2) is 23.1 Å². The molecule has 1 aromatic carbocycles. The van der Waals surface area contributed by atoms with Crippen LogP contribution < -0.4 is 15.8 Å². The van der Waals surface area contributed by atoms with Crippen LogP contribution >= 0.6 is 0 Å². The van der Waals surface area contributed by atoms with Crippen molar-refractivity contribution in [3.63, 3.8) is 0 Å². The SMILES string of the molecule is COc1ccc(NCCN)cc1S(=O)(=O)O. The predicted octanol–water partition coefficient (Wildman–Crippen LogP) is 0.313. The first-order valence-corrected chi connectivity index (χ1v) is 6.02. The molecule has 6 nitrogen and oxygen atoms in total. The molecule has 0 aliphatic heterocycles. The lowest BCUT2D eigenvalue weighted by molar-refractivity contribution is 0.397. The normalized spacial score (nSPS) is 11.2. The number of ether oxygens (including phenoxy) is 1. The van der Waals surface area contributed by atoms with E-state index >= 15 is 0 Å². The third-order valence-electron chi connectivity index (χ3n) is 1.91. The number of hydrogen-bond donors (Lipinski definition) is 3. The molecule has 0 aromatic heterocycles. The summed E-state index contributed by atoms with van der Waals surface area (Å²) in [7, 11) is -2.96. The zero-order chi connectivity index (χ0) is 12.2. The van der Waals surface area contributed by atoms with Crippen LogP contribution in [0.1, 0.15) is 0 Å². The van der Waals surface area contributed by atoms with Crippen LogP contribution in [-0.2, 0) is 10.1 Å². The van der Waals surface area contributed by atoms with E-state index in [1.165, 1.54) is 19.2 Å². The van der Waals surface area contributed by atoms with Crippen molar-refractivity contribution in [2.75, 3.05) is 25.5 Å². The van der Waals surface area contributed by atoms with Gasteiger partial charge in [-0.3, -0.25) is 4.55 Å². The molecule has 16 heavy (non-hydrogen) atoms. The Morgan fingerprint density at radius 1 is 1.50 bits per heavy atom. The average Bonchev–Trinajstić information content (AvgIpc) is 2.24. The quantitative estimate of drug-likeness (QED) is 0.646. The topological polar surface area (TPSA) is 102 Å². The second kappa shape index (κ2) is 5.15. The molecule has 0 saturated heterocycles. The Balaban J connectivity index is 3.12. The molecular formula is C9H14N2O4S. The summed E-state index contributed by atoms with van der Waals surface area (Å²) in [6, 6.07) is 4.40. The van der Waals surface area contributed by atoms with Crippen molar-refractivity contribution >= 4 is 15.8 Å². The largest absolute Gasteiger partial charge is 0.495 e. The van der Waals surface area contributed by atoms with Crippen LogP contribution in [-0.4, -0.2) is 33.2 Å². The molecule has 0 aliphatic carbocycles. The molecule has 90 valence electrons. The zero-order valence-corrected chi connectivity index (χ0v) is 9.62. The second-order valence-electron chi connectivity index (χ2n) is 3.06. The van der Waals surface area contributed by atoms with E-state index in [1.54, 1.807) is 6.07 Å². The van der Waals surface area contributed by atoms with Gasteiger partial charge in [-0.2, -0.15) is 8.42 Å². The smallest absolute Gasteiger partial charge is 0.298 e. The Kier molecular flexibility index (Phi) is 4.11. The lowest BCUT2D eigenvalue weighted by atomic mass is 10.3. The van der Waals surface area contributed by atoms with Crippen LogP contribution in [0.25, 0.3) is 0 Å². The number of benzene rings is 1. The van der Waals surface area contributed by atoms with Gasteiger partial charge in [0, 0.05) is 18.8 Å². The molecule has 0 spiro atoms. The summed E-state index contributed by atoms with van der Waals surface area (Å²) in [6.45, 7) is 0.935. The van der Waals surface area contributed by atoms with Gasteiger partial charge in [0.25, 0.3) is 10.1 Å². The first-order chi connectivity index (χ1) is 7.49. The van der Waals surface area contributed by atoms with Gasteiger partial charge in [-0.25, -0.2) is 0 Å². The van der Waals surface area contributed by atoms with Gasteiger partial charge in [0.2, 0.25) is 0 Å². The van der Waals surface area contributed by atoms with Gasteiger partial charge in [-0.15, -0.1) is 0 Å². The monoisotopic (exact) mass is 246 g/mol. The highest BCUT2D eigenvalue weighted by atomic mass is 32.2. The molecule has 0 aliphatic rings.